The number of hydrogen-bond acceptors (Lipinski definition) is 6. The van der Waals surface area contributed by atoms with E-state index < -0.39 is 0 Å². The molecule has 0 saturated heterocycles. The first-order chi connectivity index (χ1) is 15.5. The SMILES string of the molecule is CCCCOc1ccc(/C=C(\Cl)c2nnc(C(=O)NCc3ccc(F)cc3)s2)cc1OC. The van der Waals surface area contributed by atoms with E-state index in [0.29, 0.717) is 28.1 Å². The molecule has 0 bridgehead atoms. The monoisotopic (exact) mass is 475 g/mol. The fourth-order valence-electron chi connectivity index (χ4n) is 2.70. The zero-order valence-corrected chi connectivity index (χ0v) is 19.3. The number of benzene rings is 2. The van der Waals surface area contributed by atoms with Crippen molar-refractivity contribution in [2.45, 2.75) is 26.3 Å². The quantitative estimate of drug-likeness (QED) is 0.390. The molecule has 0 fully saturated rings. The largest absolute Gasteiger partial charge is 0.493 e. The van der Waals surface area contributed by atoms with Gasteiger partial charge in [-0.1, -0.05) is 54.5 Å². The fraction of sp³-hybridized carbons (Fsp3) is 0.261. The molecular formula is C23H23ClFN3O3S. The highest BCUT2D eigenvalue weighted by Crippen LogP contribution is 2.31. The van der Waals surface area contributed by atoms with Crippen LogP contribution in [0.15, 0.2) is 42.5 Å². The number of aromatic nitrogens is 2. The maximum absolute atomic E-state index is 13.0. The molecule has 168 valence electrons. The third-order valence-electron chi connectivity index (χ3n) is 4.43. The second kappa shape index (κ2) is 11.6. The lowest BCUT2D eigenvalue weighted by atomic mass is 10.2. The third kappa shape index (κ3) is 6.51. The summed E-state index contributed by atoms with van der Waals surface area (Å²) in [6.07, 6.45) is 3.74. The van der Waals surface area contributed by atoms with Gasteiger partial charge in [0.1, 0.15) is 5.82 Å². The first-order valence-corrected chi connectivity index (χ1v) is 11.2. The van der Waals surface area contributed by atoms with Gasteiger partial charge in [0.2, 0.25) is 5.01 Å². The van der Waals surface area contributed by atoms with E-state index in [1.54, 1.807) is 25.3 Å². The van der Waals surface area contributed by atoms with Gasteiger partial charge in [-0.2, -0.15) is 0 Å². The van der Waals surface area contributed by atoms with Crippen LogP contribution in [0.4, 0.5) is 4.39 Å². The van der Waals surface area contributed by atoms with Gasteiger partial charge in [0.25, 0.3) is 5.91 Å². The predicted molar refractivity (Wildman–Crippen MR) is 125 cm³/mol. The number of carbonyl (C=O) groups is 1. The standard InChI is InChI=1S/C23H23ClFN3O3S/c1-3-4-11-31-19-10-7-16(13-20(19)30-2)12-18(24)22-27-28-23(32-22)21(29)26-14-15-5-8-17(25)9-6-15/h5-10,12-13H,3-4,11,14H2,1-2H3,(H,26,29)/b18-12-. The van der Waals surface area contributed by atoms with Crippen LogP contribution in [0.1, 0.15) is 45.7 Å². The zero-order valence-electron chi connectivity index (χ0n) is 17.7. The van der Waals surface area contributed by atoms with E-state index in [4.69, 9.17) is 21.1 Å². The van der Waals surface area contributed by atoms with Crippen molar-refractivity contribution in [1.82, 2.24) is 15.5 Å². The summed E-state index contributed by atoms with van der Waals surface area (Å²) in [5.74, 6) is 0.576. The Morgan fingerprint density at radius 1 is 1.16 bits per heavy atom. The molecule has 1 heterocycles. The molecule has 32 heavy (non-hydrogen) atoms. The minimum absolute atomic E-state index is 0.186. The highest BCUT2D eigenvalue weighted by atomic mass is 35.5. The Morgan fingerprint density at radius 3 is 2.62 bits per heavy atom. The molecule has 1 aromatic heterocycles. The normalized spacial score (nSPS) is 11.3. The average molecular weight is 476 g/mol. The van der Waals surface area contributed by atoms with Gasteiger partial charge in [-0.15, -0.1) is 10.2 Å². The second-order valence-electron chi connectivity index (χ2n) is 6.83. The van der Waals surface area contributed by atoms with Crippen LogP contribution >= 0.6 is 22.9 Å². The van der Waals surface area contributed by atoms with E-state index in [1.165, 1.54) is 12.1 Å². The van der Waals surface area contributed by atoms with E-state index in [9.17, 15) is 9.18 Å². The van der Waals surface area contributed by atoms with Crippen molar-refractivity contribution in [1.29, 1.82) is 0 Å². The lowest BCUT2D eigenvalue weighted by molar-refractivity contribution is 0.0950. The smallest absolute Gasteiger partial charge is 0.282 e. The van der Waals surface area contributed by atoms with Crippen molar-refractivity contribution in [3.8, 4) is 11.5 Å². The summed E-state index contributed by atoms with van der Waals surface area (Å²) in [5.41, 5.74) is 1.57. The lowest BCUT2D eigenvalue weighted by Gasteiger charge is -2.11. The summed E-state index contributed by atoms with van der Waals surface area (Å²) in [4.78, 5) is 12.3. The number of rotatable bonds is 10. The van der Waals surface area contributed by atoms with E-state index in [0.717, 1.165) is 35.3 Å². The summed E-state index contributed by atoms with van der Waals surface area (Å²) < 4.78 is 24.1. The molecule has 2 aromatic carbocycles. The average Bonchev–Trinajstić information content (AvgIpc) is 3.30. The maximum atomic E-state index is 13.0. The van der Waals surface area contributed by atoms with Crippen LogP contribution in [0.25, 0.3) is 11.1 Å². The number of carbonyl (C=O) groups excluding carboxylic acids is 1. The molecule has 1 N–H and O–H groups in total. The molecule has 0 spiro atoms. The molecule has 0 unspecified atom stereocenters. The summed E-state index contributed by atoms with van der Waals surface area (Å²) in [5, 5.41) is 11.6. The Morgan fingerprint density at radius 2 is 1.91 bits per heavy atom. The molecule has 0 aliphatic carbocycles. The maximum Gasteiger partial charge on any atom is 0.282 e. The van der Waals surface area contributed by atoms with Gasteiger partial charge in [-0.25, -0.2) is 4.39 Å². The molecule has 0 atom stereocenters. The summed E-state index contributed by atoms with van der Waals surface area (Å²) >= 11 is 7.50. The van der Waals surface area contributed by atoms with Crippen molar-refractivity contribution in [2.24, 2.45) is 0 Å². The van der Waals surface area contributed by atoms with Gasteiger partial charge in [0.05, 0.1) is 18.7 Å². The Kier molecular flexibility index (Phi) is 8.58. The summed E-state index contributed by atoms with van der Waals surface area (Å²) in [6.45, 7) is 2.98. The van der Waals surface area contributed by atoms with Crippen LogP contribution in [-0.4, -0.2) is 29.8 Å². The Balaban J connectivity index is 1.65. The third-order valence-corrected chi connectivity index (χ3v) is 5.78. The minimum Gasteiger partial charge on any atom is -0.493 e. The number of nitrogens with zero attached hydrogens (tertiary/aromatic N) is 2. The Labute approximate surface area is 195 Å². The first kappa shape index (κ1) is 23.7. The molecule has 3 aromatic rings. The first-order valence-electron chi connectivity index (χ1n) is 10.0. The van der Waals surface area contributed by atoms with Gasteiger partial charge in [-0.3, -0.25) is 4.79 Å². The molecule has 0 radical (unpaired) electrons. The molecule has 6 nitrogen and oxygen atoms in total. The minimum atomic E-state index is -0.377. The molecule has 0 saturated carbocycles. The van der Waals surface area contributed by atoms with E-state index in [2.05, 4.69) is 22.4 Å². The predicted octanol–water partition coefficient (Wildman–Crippen LogP) is 5.53. The Bertz CT molecular complexity index is 1090. The number of nitrogens with one attached hydrogen (secondary N) is 1. The van der Waals surface area contributed by atoms with Gasteiger partial charge in [0.15, 0.2) is 16.5 Å². The number of amides is 1. The van der Waals surface area contributed by atoms with Crippen LogP contribution in [0, 0.1) is 5.82 Å². The molecular weight excluding hydrogens is 453 g/mol. The van der Waals surface area contributed by atoms with Crippen molar-refractivity contribution in [3.05, 3.63) is 69.4 Å². The van der Waals surface area contributed by atoms with E-state index >= 15 is 0 Å². The van der Waals surface area contributed by atoms with Crippen molar-refractivity contribution >= 4 is 40.0 Å². The number of unbranched alkanes of at least 4 members (excludes halogenated alkanes) is 1. The molecule has 0 aliphatic heterocycles. The van der Waals surface area contributed by atoms with Gasteiger partial charge < -0.3 is 14.8 Å². The summed E-state index contributed by atoms with van der Waals surface area (Å²) in [7, 11) is 1.58. The van der Waals surface area contributed by atoms with Gasteiger partial charge in [-0.05, 0) is 47.9 Å². The van der Waals surface area contributed by atoms with Gasteiger partial charge in [0, 0.05) is 6.54 Å². The number of hydrogen-bond donors (Lipinski definition) is 1. The number of halogens is 2. The number of ether oxygens (including phenoxy) is 2. The topological polar surface area (TPSA) is 73.3 Å². The van der Waals surface area contributed by atoms with Crippen LogP contribution in [0.3, 0.4) is 0 Å². The van der Waals surface area contributed by atoms with Crippen LogP contribution in [-0.2, 0) is 6.54 Å². The molecule has 1 amide bonds. The van der Waals surface area contributed by atoms with Crippen LogP contribution < -0.4 is 14.8 Å². The zero-order chi connectivity index (χ0) is 22.9. The van der Waals surface area contributed by atoms with Crippen molar-refractivity contribution in [2.75, 3.05) is 13.7 Å². The Hall–Kier alpha value is -2.97. The highest BCUT2D eigenvalue weighted by molar-refractivity contribution is 7.15. The lowest BCUT2D eigenvalue weighted by Crippen LogP contribution is -2.22. The molecule has 0 aliphatic rings. The van der Waals surface area contributed by atoms with Crippen molar-refractivity contribution < 1.29 is 18.7 Å². The highest BCUT2D eigenvalue weighted by Gasteiger charge is 2.15. The summed E-state index contributed by atoms with van der Waals surface area (Å²) in [6, 6.07) is 11.4. The van der Waals surface area contributed by atoms with Crippen LogP contribution in [0.2, 0.25) is 0 Å². The van der Waals surface area contributed by atoms with Crippen LogP contribution in [0.5, 0.6) is 11.5 Å². The number of methoxy groups -OCH3 is 1. The fourth-order valence-corrected chi connectivity index (χ4v) is 3.65. The van der Waals surface area contributed by atoms with Crippen molar-refractivity contribution in [3.63, 3.8) is 0 Å². The molecule has 9 heteroatoms. The van der Waals surface area contributed by atoms with E-state index in [-0.39, 0.29) is 23.3 Å². The van der Waals surface area contributed by atoms with E-state index in [1.807, 2.05) is 18.2 Å². The second-order valence-corrected chi connectivity index (χ2v) is 8.21. The van der Waals surface area contributed by atoms with Gasteiger partial charge >= 0.3 is 0 Å². The molecule has 3 rings (SSSR count).